The number of carbonyl (C=O) groups is 1. The van der Waals surface area contributed by atoms with Crippen LogP contribution in [0, 0.1) is 0 Å². The highest BCUT2D eigenvalue weighted by molar-refractivity contribution is 6.30. The molecule has 1 N–H and O–H groups in total. The van der Waals surface area contributed by atoms with Gasteiger partial charge >= 0.3 is 5.97 Å². The summed E-state index contributed by atoms with van der Waals surface area (Å²) in [4.78, 5) is 11.1. The van der Waals surface area contributed by atoms with Crippen LogP contribution in [0.2, 0.25) is 5.02 Å². The Labute approximate surface area is 169 Å². The molecule has 0 unspecified atom stereocenters. The van der Waals surface area contributed by atoms with E-state index < -0.39 is 5.97 Å². The van der Waals surface area contributed by atoms with Crippen molar-refractivity contribution in [3.05, 3.63) is 94.0 Å². The van der Waals surface area contributed by atoms with Crippen molar-refractivity contribution < 1.29 is 19.4 Å². The Morgan fingerprint density at radius 3 is 2.39 bits per heavy atom. The molecule has 0 atom stereocenters. The Morgan fingerprint density at radius 2 is 1.68 bits per heavy atom. The van der Waals surface area contributed by atoms with Crippen molar-refractivity contribution in [2.45, 2.75) is 19.4 Å². The largest absolute Gasteiger partial charge is 0.496 e. The number of aryl methyl sites for hydroxylation is 2. The third-order valence-electron chi connectivity index (χ3n) is 4.46. The highest BCUT2D eigenvalue weighted by atomic mass is 35.5. The summed E-state index contributed by atoms with van der Waals surface area (Å²) in [5.41, 5.74) is 3.22. The van der Waals surface area contributed by atoms with Crippen molar-refractivity contribution in [1.29, 1.82) is 0 Å². The molecule has 28 heavy (non-hydrogen) atoms. The predicted molar refractivity (Wildman–Crippen MR) is 110 cm³/mol. The lowest BCUT2D eigenvalue weighted by Crippen LogP contribution is -2.02. The fraction of sp³-hybridized carbons (Fsp3) is 0.174. The maximum Gasteiger partial charge on any atom is 0.335 e. The van der Waals surface area contributed by atoms with Gasteiger partial charge in [0.25, 0.3) is 0 Å². The molecular weight excluding hydrogens is 376 g/mol. The van der Waals surface area contributed by atoms with Gasteiger partial charge in [-0.1, -0.05) is 48.0 Å². The average Bonchev–Trinajstić information content (AvgIpc) is 2.72. The standard InChI is InChI=1S/C23H21ClO4/c1-27-22-14-19(23(25)26)10-8-17(22)7-9-18-13-20(24)11-12-21(18)28-15-16-5-3-2-4-6-16/h2-6,8,10-14H,7,9,15H2,1H3,(H,25,26). The topological polar surface area (TPSA) is 55.8 Å². The van der Waals surface area contributed by atoms with Crippen LogP contribution in [0.15, 0.2) is 66.7 Å². The lowest BCUT2D eigenvalue weighted by atomic mass is 10.0. The van der Waals surface area contributed by atoms with E-state index in [0.29, 0.717) is 30.2 Å². The van der Waals surface area contributed by atoms with Crippen LogP contribution in [0.1, 0.15) is 27.0 Å². The maximum atomic E-state index is 11.1. The third-order valence-corrected chi connectivity index (χ3v) is 4.69. The van der Waals surface area contributed by atoms with E-state index >= 15 is 0 Å². The molecule has 0 spiro atoms. The number of benzene rings is 3. The van der Waals surface area contributed by atoms with Crippen LogP contribution in [0.4, 0.5) is 0 Å². The lowest BCUT2D eigenvalue weighted by molar-refractivity contribution is 0.0696. The first-order valence-electron chi connectivity index (χ1n) is 8.92. The number of carboxylic acids is 1. The minimum Gasteiger partial charge on any atom is -0.496 e. The summed E-state index contributed by atoms with van der Waals surface area (Å²) in [7, 11) is 1.54. The Morgan fingerprint density at radius 1 is 0.929 bits per heavy atom. The summed E-state index contributed by atoms with van der Waals surface area (Å²) < 4.78 is 11.4. The molecule has 0 heterocycles. The number of ether oxygens (including phenoxy) is 2. The number of hydrogen-bond acceptors (Lipinski definition) is 3. The summed E-state index contributed by atoms with van der Waals surface area (Å²) in [6, 6.07) is 20.5. The maximum absolute atomic E-state index is 11.1. The lowest BCUT2D eigenvalue weighted by Gasteiger charge is -2.14. The van der Waals surface area contributed by atoms with Gasteiger partial charge in [0.15, 0.2) is 0 Å². The molecule has 0 amide bonds. The van der Waals surface area contributed by atoms with Gasteiger partial charge in [-0.2, -0.15) is 0 Å². The monoisotopic (exact) mass is 396 g/mol. The van der Waals surface area contributed by atoms with Gasteiger partial charge in [0, 0.05) is 5.02 Å². The number of rotatable bonds is 8. The molecule has 0 saturated carbocycles. The van der Waals surface area contributed by atoms with Crippen molar-refractivity contribution >= 4 is 17.6 Å². The van der Waals surface area contributed by atoms with Crippen LogP contribution >= 0.6 is 11.6 Å². The van der Waals surface area contributed by atoms with Crippen molar-refractivity contribution in [3.63, 3.8) is 0 Å². The van der Waals surface area contributed by atoms with Gasteiger partial charge in [-0.25, -0.2) is 4.79 Å². The summed E-state index contributed by atoms with van der Waals surface area (Å²) in [6.45, 7) is 0.478. The Hall–Kier alpha value is -2.98. The average molecular weight is 397 g/mol. The van der Waals surface area contributed by atoms with E-state index in [4.69, 9.17) is 26.2 Å². The van der Waals surface area contributed by atoms with Gasteiger partial charge in [-0.3, -0.25) is 0 Å². The SMILES string of the molecule is COc1cc(C(=O)O)ccc1CCc1cc(Cl)ccc1OCc1ccccc1. The molecule has 144 valence electrons. The second-order valence-electron chi connectivity index (χ2n) is 6.36. The molecule has 3 aromatic carbocycles. The fourth-order valence-corrected chi connectivity index (χ4v) is 3.17. The molecule has 0 aliphatic heterocycles. The van der Waals surface area contributed by atoms with E-state index in [1.54, 1.807) is 18.2 Å². The zero-order chi connectivity index (χ0) is 19.9. The summed E-state index contributed by atoms with van der Waals surface area (Å²) in [5, 5.41) is 9.79. The smallest absolute Gasteiger partial charge is 0.335 e. The van der Waals surface area contributed by atoms with Crippen LogP contribution in [-0.2, 0) is 19.4 Å². The van der Waals surface area contributed by atoms with E-state index in [1.165, 1.54) is 7.11 Å². The number of hydrogen-bond donors (Lipinski definition) is 1. The molecule has 5 heteroatoms. The Bertz CT molecular complexity index is 954. The van der Waals surface area contributed by atoms with E-state index in [0.717, 1.165) is 22.4 Å². The first-order valence-corrected chi connectivity index (χ1v) is 9.30. The van der Waals surface area contributed by atoms with Gasteiger partial charge < -0.3 is 14.6 Å². The molecule has 0 bridgehead atoms. The zero-order valence-electron chi connectivity index (χ0n) is 15.5. The Balaban J connectivity index is 1.75. The van der Waals surface area contributed by atoms with Crippen LogP contribution < -0.4 is 9.47 Å². The van der Waals surface area contributed by atoms with Crippen LogP contribution in [0.3, 0.4) is 0 Å². The minimum atomic E-state index is -0.976. The van der Waals surface area contributed by atoms with Crippen LogP contribution in [0.5, 0.6) is 11.5 Å². The quantitative estimate of drug-likeness (QED) is 0.553. The second-order valence-corrected chi connectivity index (χ2v) is 6.79. The molecule has 3 aromatic rings. The van der Waals surface area contributed by atoms with Gasteiger partial charge in [-0.05, 0) is 59.9 Å². The second kappa shape index (κ2) is 9.29. The summed E-state index contributed by atoms with van der Waals surface area (Å²) in [5.74, 6) is 0.374. The molecule has 3 rings (SSSR count). The van der Waals surface area contributed by atoms with E-state index in [1.807, 2.05) is 48.5 Å². The molecular formula is C23H21ClO4. The first kappa shape index (κ1) is 19.8. The van der Waals surface area contributed by atoms with Crippen LogP contribution in [0.25, 0.3) is 0 Å². The molecule has 0 aliphatic rings. The molecule has 0 saturated heterocycles. The zero-order valence-corrected chi connectivity index (χ0v) is 16.3. The van der Waals surface area contributed by atoms with Crippen LogP contribution in [-0.4, -0.2) is 18.2 Å². The highest BCUT2D eigenvalue weighted by Gasteiger charge is 2.11. The van der Waals surface area contributed by atoms with Crippen molar-refractivity contribution in [3.8, 4) is 11.5 Å². The van der Waals surface area contributed by atoms with Gasteiger partial charge in [0.1, 0.15) is 18.1 Å². The van der Waals surface area contributed by atoms with Gasteiger partial charge in [0.05, 0.1) is 12.7 Å². The molecule has 4 nitrogen and oxygen atoms in total. The number of methoxy groups -OCH3 is 1. The normalized spacial score (nSPS) is 10.5. The fourth-order valence-electron chi connectivity index (χ4n) is 2.97. The van der Waals surface area contributed by atoms with E-state index in [2.05, 4.69) is 0 Å². The third kappa shape index (κ3) is 5.05. The van der Waals surface area contributed by atoms with Crippen molar-refractivity contribution in [2.24, 2.45) is 0 Å². The van der Waals surface area contributed by atoms with E-state index in [-0.39, 0.29) is 5.56 Å². The molecule has 0 aliphatic carbocycles. The molecule has 0 aromatic heterocycles. The minimum absolute atomic E-state index is 0.204. The van der Waals surface area contributed by atoms with Crippen molar-refractivity contribution in [2.75, 3.05) is 7.11 Å². The van der Waals surface area contributed by atoms with Gasteiger partial charge in [0.2, 0.25) is 0 Å². The Kier molecular flexibility index (Phi) is 6.56. The van der Waals surface area contributed by atoms with Gasteiger partial charge in [-0.15, -0.1) is 0 Å². The molecule has 0 fully saturated rings. The molecule has 0 radical (unpaired) electrons. The first-order chi connectivity index (χ1) is 13.6. The number of halogens is 1. The number of carboxylic acid groups (broad SMARTS) is 1. The van der Waals surface area contributed by atoms with Crippen molar-refractivity contribution in [1.82, 2.24) is 0 Å². The highest BCUT2D eigenvalue weighted by Crippen LogP contribution is 2.28. The number of aromatic carboxylic acids is 1. The summed E-state index contributed by atoms with van der Waals surface area (Å²) in [6.07, 6.45) is 1.36. The predicted octanol–water partition coefficient (Wildman–Crippen LogP) is 5.41. The summed E-state index contributed by atoms with van der Waals surface area (Å²) >= 11 is 6.18. The van der Waals surface area contributed by atoms with E-state index in [9.17, 15) is 4.79 Å².